The van der Waals surface area contributed by atoms with E-state index in [1.54, 1.807) is 13.0 Å². The summed E-state index contributed by atoms with van der Waals surface area (Å²) in [5, 5.41) is 12.5. The molecule has 0 saturated heterocycles. The molecule has 3 nitrogen and oxygen atoms in total. The molecular weight excluding hydrogens is 286 g/mol. The Kier molecular flexibility index (Phi) is 5.58. The molecule has 0 fully saturated rings. The van der Waals surface area contributed by atoms with E-state index in [4.69, 9.17) is 5.11 Å². The molecule has 0 aliphatic rings. The quantitative estimate of drug-likeness (QED) is 0.763. The molecule has 0 spiro atoms. The summed E-state index contributed by atoms with van der Waals surface area (Å²) in [6.07, 6.45) is 2.76. The summed E-state index contributed by atoms with van der Waals surface area (Å²) in [6, 6.07) is 14.5. The highest BCUT2D eigenvalue weighted by Gasteiger charge is 2.07. The third kappa shape index (κ3) is 4.46. The van der Waals surface area contributed by atoms with E-state index in [1.807, 2.05) is 25.1 Å². The van der Waals surface area contributed by atoms with Crippen molar-refractivity contribution in [3.8, 4) is 0 Å². The van der Waals surface area contributed by atoms with E-state index in [9.17, 15) is 4.79 Å². The first-order chi connectivity index (χ1) is 11.0. The monoisotopic (exact) mass is 309 g/mol. The fourth-order valence-corrected chi connectivity index (χ4v) is 2.39. The largest absolute Gasteiger partial charge is 0.478 e. The number of nitrogens with one attached hydrogen (secondary N) is 1. The summed E-state index contributed by atoms with van der Waals surface area (Å²) in [5.41, 5.74) is 5.79. The number of hydrogen-bond donors (Lipinski definition) is 2. The van der Waals surface area contributed by atoms with Crippen LogP contribution in [0.5, 0.6) is 0 Å². The number of benzene rings is 2. The molecule has 0 amide bonds. The molecule has 3 heteroatoms. The number of aliphatic carboxylic acids is 1. The van der Waals surface area contributed by atoms with Gasteiger partial charge < -0.3 is 10.4 Å². The van der Waals surface area contributed by atoms with Crippen LogP contribution in [-0.4, -0.2) is 11.1 Å². The van der Waals surface area contributed by atoms with Crippen molar-refractivity contribution in [1.82, 2.24) is 0 Å². The summed E-state index contributed by atoms with van der Waals surface area (Å²) in [5.74, 6) is -0.894. The van der Waals surface area contributed by atoms with Crippen LogP contribution in [0.4, 0.5) is 5.69 Å². The Labute approximate surface area is 137 Å². The number of anilines is 1. The lowest BCUT2D eigenvalue weighted by Gasteiger charge is -2.13. The molecule has 0 saturated carbocycles. The van der Waals surface area contributed by atoms with Gasteiger partial charge in [0.2, 0.25) is 0 Å². The first-order valence-electron chi connectivity index (χ1n) is 7.84. The lowest BCUT2D eigenvalue weighted by Crippen LogP contribution is -2.03. The zero-order chi connectivity index (χ0) is 16.8. The van der Waals surface area contributed by atoms with Gasteiger partial charge in [0.25, 0.3) is 0 Å². The lowest BCUT2D eigenvalue weighted by molar-refractivity contribution is -0.132. The van der Waals surface area contributed by atoms with Crippen LogP contribution in [0.3, 0.4) is 0 Å². The molecule has 0 aliphatic heterocycles. The molecule has 120 valence electrons. The number of carboxylic acid groups (broad SMARTS) is 1. The Morgan fingerprint density at radius 1 is 1.13 bits per heavy atom. The Morgan fingerprint density at radius 3 is 2.39 bits per heavy atom. The van der Waals surface area contributed by atoms with Crippen LogP contribution in [-0.2, 0) is 17.8 Å². The second-order valence-corrected chi connectivity index (χ2v) is 5.69. The highest BCUT2D eigenvalue weighted by atomic mass is 16.4. The van der Waals surface area contributed by atoms with E-state index in [1.165, 1.54) is 11.1 Å². The average Bonchev–Trinajstić information content (AvgIpc) is 2.55. The topological polar surface area (TPSA) is 49.3 Å². The molecule has 2 aromatic carbocycles. The highest BCUT2D eigenvalue weighted by molar-refractivity contribution is 5.93. The van der Waals surface area contributed by atoms with E-state index in [0.717, 1.165) is 23.2 Å². The number of aryl methyl sites for hydroxylation is 2. The summed E-state index contributed by atoms with van der Waals surface area (Å²) in [4.78, 5) is 11.1. The average molecular weight is 309 g/mol. The molecule has 0 atom stereocenters. The maximum Gasteiger partial charge on any atom is 0.331 e. The van der Waals surface area contributed by atoms with Gasteiger partial charge in [-0.15, -0.1) is 0 Å². The van der Waals surface area contributed by atoms with Gasteiger partial charge in [0.05, 0.1) is 0 Å². The Balaban J connectivity index is 2.20. The van der Waals surface area contributed by atoms with Crippen LogP contribution >= 0.6 is 0 Å². The second-order valence-electron chi connectivity index (χ2n) is 5.69. The minimum absolute atomic E-state index is 0.328. The molecule has 2 aromatic rings. The van der Waals surface area contributed by atoms with Crippen LogP contribution in [0.15, 0.2) is 48.0 Å². The maximum absolute atomic E-state index is 11.1. The van der Waals surface area contributed by atoms with Gasteiger partial charge in [-0.1, -0.05) is 43.3 Å². The van der Waals surface area contributed by atoms with Gasteiger partial charge in [0.15, 0.2) is 0 Å². The Hall–Kier alpha value is -2.55. The smallest absolute Gasteiger partial charge is 0.331 e. The van der Waals surface area contributed by atoms with Gasteiger partial charge in [-0.3, -0.25) is 0 Å². The predicted octanol–water partition coefficient (Wildman–Crippen LogP) is 4.66. The maximum atomic E-state index is 11.1. The summed E-state index contributed by atoms with van der Waals surface area (Å²) < 4.78 is 0. The molecule has 2 rings (SSSR count). The second kappa shape index (κ2) is 7.63. The number of hydrogen-bond acceptors (Lipinski definition) is 2. The Morgan fingerprint density at radius 2 is 1.78 bits per heavy atom. The third-order valence-corrected chi connectivity index (χ3v) is 3.94. The fourth-order valence-electron chi connectivity index (χ4n) is 2.39. The van der Waals surface area contributed by atoms with Crippen LogP contribution in [0, 0.1) is 6.92 Å². The standard InChI is InChI=1S/C20H23NO2/c1-4-16-8-10-17(11-9-16)13-21-19-7-5-6-14(2)18(19)12-15(3)20(22)23/h5-12,21H,4,13H2,1-3H3,(H,22,23)/b15-12+. The Bertz CT molecular complexity index is 715. The number of carboxylic acids is 1. The summed E-state index contributed by atoms with van der Waals surface area (Å²) in [6.45, 7) is 6.45. The molecular formula is C20H23NO2. The van der Waals surface area contributed by atoms with Gasteiger partial charge in [-0.05, 0) is 49.1 Å². The molecule has 0 unspecified atom stereocenters. The van der Waals surface area contributed by atoms with Crippen LogP contribution in [0.25, 0.3) is 6.08 Å². The predicted molar refractivity (Wildman–Crippen MR) is 95.6 cm³/mol. The SMILES string of the molecule is CCc1ccc(CNc2cccc(C)c2/C=C(\C)C(=O)O)cc1. The van der Waals surface area contributed by atoms with Gasteiger partial charge in [-0.2, -0.15) is 0 Å². The van der Waals surface area contributed by atoms with Crippen molar-refractivity contribution in [2.75, 3.05) is 5.32 Å². The van der Waals surface area contributed by atoms with E-state index in [0.29, 0.717) is 12.1 Å². The van der Waals surface area contributed by atoms with Gasteiger partial charge in [-0.25, -0.2) is 4.79 Å². The van der Waals surface area contributed by atoms with E-state index in [-0.39, 0.29) is 0 Å². The van der Waals surface area contributed by atoms with Crippen molar-refractivity contribution in [1.29, 1.82) is 0 Å². The minimum atomic E-state index is -0.894. The zero-order valence-corrected chi connectivity index (χ0v) is 13.9. The van der Waals surface area contributed by atoms with Crippen molar-refractivity contribution >= 4 is 17.7 Å². The minimum Gasteiger partial charge on any atom is -0.478 e. The normalized spacial score (nSPS) is 11.3. The van der Waals surface area contributed by atoms with Gasteiger partial charge in [0.1, 0.15) is 0 Å². The van der Waals surface area contributed by atoms with Gasteiger partial charge in [0, 0.05) is 23.4 Å². The molecule has 0 aliphatic carbocycles. The van der Waals surface area contributed by atoms with E-state index < -0.39 is 5.97 Å². The third-order valence-electron chi connectivity index (χ3n) is 3.94. The number of carbonyl (C=O) groups is 1. The van der Waals surface area contributed by atoms with Crippen molar-refractivity contribution in [2.45, 2.75) is 33.7 Å². The molecule has 0 heterocycles. The highest BCUT2D eigenvalue weighted by Crippen LogP contribution is 2.23. The van der Waals surface area contributed by atoms with Crippen LogP contribution < -0.4 is 5.32 Å². The van der Waals surface area contributed by atoms with Crippen LogP contribution in [0.1, 0.15) is 36.1 Å². The van der Waals surface area contributed by atoms with Crippen molar-refractivity contribution in [3.63, 3.8) is 0 Å². The first-order valence-corrected chi connectivity index (χ1v) is 7.84. The fraction of sp³-hybridized carbons (Fsp3) is 0.250. The molecule has 0 radical (unpaired) electrons. The first kappa shape index (κ1) is 16.8. The molecule has 2 N–H and O–H groups in total. The van der Waals surface area contributed by atoms with E-state index in [2.05, 4.69) is 36.5 Å². The summed E-state index contributed by atoms with van der Waals surface area (Å²) >= 11 is 0. The molecule has 0 aromatic heterocycles. The lowest BCUT2D eigenvalue weighted by atomic mass is 10.0. The zero-order valence-electron chi connectivity index (χ0n) is 13.9. The van der Waals surface area contributed by atoms with Gasteiger partial charge >= 0.3 is 5.97 Å². The molecule has 0 bridgehead atoms. The summed E-state index contributed by atoms with van der Waals surface area (Å²) in [7, 11) is 0. The molecule has 23 heavy (non-hydrogen) atoms. The van der Waals surface area contributed by atoms with Crippen molar-refractivity contribution < 1.29 is 9.90 Å². The van der Waals surface area contributed by atoms with Crippen molar-refractivity contribution in [2.24, 2.45) is 0 Å². The van der Waals surface area contributed by atoms with Crippen molar-refractivity contribution in [3.05, 3.63) is 70.3 Å². The van der Waals surface area contributed by atoms with E-state index >= 15 is 0 Å². The van der Waals surface area contributed by atoms with Crippen LogP contribution in [0.2, 0.25) is 0 Å². The number of rotatable bonds is 6.